The predicted molar refractivity (Wildman–Crippen MR) is 83.8 cm³/mol. The average molecular weight is 411 g/mol. The number of halogens is 2. The van der Waals surface area contributed by atoms with Crippen molar-refractivity contribution in [3.8, 4) is 9.75 Å². The zero-order chi connectivity index (χ0) is 13.4. The van der Waals surface area contributed by atoms with E-state index in [-0.39, 0.29) is 4.88 Å². The first-order chi connectivity index (χ1) is 8.45. The maximum absolute atomic E-state index is 11.1. The number of carbonyl (C=O) groups is 1. The SMILES string of the molecule is CCc1c(-c2cc(Br)c(Br)s2)sc(C(=O)O)c1N. The highest BCUT2D eigenvalue weighted by Crippen LogP contribution is 2.45. The van der Waals surface area contributed by atoms with Gasteiger partial charge in [-0.2, -0.15) is 0 Å². The molecule has 0 spiro atoms. The number of hydrogen-bond donors (Lipinski definition) is 2. The molecular formula is C11H9Br2NO2S2. The molecule has 18 heavy (non-hydrogen) atoms. The normalized spacial score (nSPS) is 10.8. The van der Waals surface area contributed by atoms with E-state index in [1.165, 1.54) is 11.3 Å². The van der Waals surface area contributed by atoms with Crippen LogP contribution in [0.1, 0.15) is 22.2 Å². The van der Waals surface area contributed by atoms with E-state index >= 15 is 0 Å². The van der Waals surface area contributed by atoms with Gasteiger partial charge < -0.3 is 10.8 Å². The first-order valence-corrected chi connectivity index (χ1v) is 8.27. The van der Waals surface area contributed by atoms with Gasteiger partial charge in [-0.25, -0.2) is 4.79 Å². The first kappa shape index (κ1) is 14.0. The van der Waals surface area contributed by atoms with Gasteiger partial charge in [-0.05, 0) is 49.9 Å². The summed E-state index contributed by atoms with van der Waals surface area (Å²) in [5.41, 5.74) is 7.22. The lowest BCUT2D eigenvalue weighted by atomic mass is 10.1. The number of carboxylic acids is 1. The molecule has 0 bridgehead atoms. The molecule has 0 radical (unpaired) electrons. The fourth-order valence-corrected chi connectivity index (χ4v) is 4.96. The molecule has 0 aliphatic heterocycles. The summed E-state index contributed by atoms with van der Waals surface area (Å²) >= 11 is 9.68. The summed E-state index contributed by atoms with van der Waals surface area (Å²) in [5.74, 6) is -0.965. The summed E-state index contributed by atoms with van der Waals surface area (Å²) in [6.07, 6.45) is 0.720. The fourth-order valence-electron chi connectivity index (χ4n) is 1.65. The molecule has 2 aromatic heterocycles. The van der Waals surface area contributed by atoms with Gasteiger partial charge in [0, 0.05) is 9.35 Å². The van der Waals surface area contributed by atoms with Crippen molar-refractivity contribution >= 4 is 66.2 Å². The van der Waals surface area contributed by atoms with Gasteiger partial charge in [0.25, 0.3) is 0 Å². The molecule has 0 aliphatic carbocycles. The first-order valence-electron chi connectivity index (χ1n) is 5.05. The van der Waals surface area contributed by atoms with E-state index in [0.29, 0.717) is 5.69 Å². The number of thiophene rings is 2. The molecule has 2 rings (SSSR count). The lowest BCUT2D eigenvalue weighted by Crippen LogP contribution is -1.99. The third-order valence-corrected chi connectivity index (χ3v) is 7.14. The zero-order valence-corrected chi connectivity index (χ0v) is 14.1. The molecule has 96 valence electrons. The van der Waals surface area contributed by atoms with Crippen molar-refractivity contribution in [1.82, 2.24) is 0 Å². The number of nitrogens with two attached hydrogens (primary N) is 1. The van der Waals surface area contributed by atoms with Gasteiger partial charge in [-0.15, -0.1) is 22.7 Å². The Morgan fingerprint density at radius 3 is 2.56 bits per heavy atom. The molecular weight excluding hydrogens is 402 g/mol. The van der Waals surface area contributed by atoms with E-state index in [2.05, 4.69) is 31.9 Å². The minimum atomic E-state index is -0.965. The van der Waals surface area contributed by atoms with Crippen molar-refractivity contribution < 1.29 is 9.90 Å². The van der Waals surface area contributed by atoms with Gasteiger partial charge in [0.2, 0.25) is 0 Å². The summed E-state index contributed by atoms with van der Waals surface area (Å²) in [5, 5.41) is 9.12. The number of rotatable bonds is 3. The highest BCUT2D eigenvalue weighted by molar-refractivity contribution is 9.13. The third kappa shape index (κ3) is 2.36. The van der Waals surface area contributed by atoms with Crippen LogP contribution in [0.2, 0.25) is 0 Å². The maximum Gasteiger partial charge on any atom is 0.348 e. The second-order valence-electron chi connectivity index (χ2n) is 3.54. The van der Waals surface area contributed by atoms with Crippen LogP contribution in [0.4, 0.5) is 5.69 Å². The summed E-state index contributed by atoms with van der Waals surface area (Å²) in [6, 6.07) is 1.98. The zero-order valence-electron chi connectivity index (χ0n) is 9.29. The number of hydrogen-bond acceptors (Lipinski definition) is 4. The van der Waals surface area contributed by atoms with Crippen molar-refractivity contribution in [2.24, 2.45) is 0 Å². The Labute approximate surface area is 129 Å². The number of carboxylic acid groups (broad SMARTS) is 1. The second-order valence-corrected chi connectivity index (χ2v) is 7.79. The summed E-state index contributed by atoms with van der Waals surface area (Å²) in [7, 11) is 0. The molecule has 0 aliphatic rings. The molecule has 2 heterocycles. The minimum Gasteiger partial charge on any atom is -0.477 e. The van der Waals surface area contributed by atoms with Gasteiger partial charge in [-0.3, -0.25) is 0 Å². The molecule has 0 aromatic carbocycles. The van der Waals surface area contributed by atoms with Crippen LogP contribution in [0.5, 0.6) is 0 Å². The van der Waals surface area contributed by atoms with E-state index < -0.39 is 5.97 Å². The van der Waals surface area contributed by atoms with Gasteiger partial charge >= 0.3 is 5.97 Å². The highest BCUT2D eigenvalue weighted by Gasteiger charge is 2.21. The smallest absolute Gasteiger partial charge is 0.348 e. The molecule has 0 saturated heterocycles. The topological polar surface area (TPSA) is 63.3 Å². The molecule has 0 saturated carbocycles. The van der Waals surface area contributed by atoms with Gasteiger partial charge in [0.05, 0.1) is 14.4 Å². The molecule has 0 fully saturated rings. The monoisotopic (exact) mass is 409 g/mol. The Hall–Kier alpha value is -0.370. The van der Waals surface area contributed by atoms with Crippen molar-refractivity contribution in [2.45, 2.75) is 13.3 Å². The lowest BCUT2D eigenvalue weighted by molar-refractivity contribution is 0.0703. The van der Waals surface area contributed by atoms with Crippen LogP contribution in [0.15, 0.2) is 14.3 Å². The molecule has 7 heteroatoms. The van der Waals surface area contributed by atoms with E-state index in [0.717, 1.165) is 30.0 Å². The van der Waals surface area contributed by atoms with Crippen molar-refractivity contribution in [2.75, 3.05) is 5.73 Å². The summed E-state index contributed by atoms with van der Waals surface area (Å²) in [4.78, 5) is 13.3. The van der Waals surface area contributed by atoms with Gasteiger partial charge in [0.1, 0.15) is 4.88 Å². The molecule has 0 unspecified atom stereocenters. The van der Waals surface area contributed by atoms with Gasteiger partial charge in [-0.1, -0.05) is 6.92 Å². The molecule has 2 aromatic rings. The van der Waals surface area contributed by atoms with Crippen LogP contribution in [-0.2, 0) is 6.42 Å². The number of anilines is 1. The van der Waals surface area contributed by atoms with Crippen molar-refractivity contribution in [3.63, 3.8) is 0 Å². The predicted octanol–water partition coefficient (Wildman–Crippen LogP) is 4.84. The standard InChI is InChI=1S/C11H9Br2NO2S2/c1-2-4-7(14)9(11(15)16)18-8(4)6-3-5(12)10(13)17-6/h3H,2,14H2,1H3,(H,15,16). The van der Waals surface area contributed by atoms with Crippen LogP contribution < -0.4 is 5.73 Å². The van der Waals surface area contributed by atoms with Gasteiger partial charge in [0.15, 0.2) is 0 Å². The summed E-state index contributed by atoms with van der Waals surface area (Å²) in [6.45, 7) is 1.98. The number of nitrogen functional groups attached to an aromatic ring is 1. The lowest BCUT2D eigenvalue weighted by Gasteiger charge is -1.99. The van der Waals surface area contributed by atoms with E-state index in [1.807, 2.05) is 13.0 Å². The Bertz CT molecular complexity index is 599. The van der Waals surface area contributed by atoms with E-state index in [1.54, 1.807) is 11.3 Å². The Balaban J connectivity index is 2.63. The second kappa shape index (κ2) is 5.32. The Morgan fingerprint density at radius 2 is 2.11 bits per heavy atom. The third-order valence-electron chi connectivity index (χ3n) is 2.46. The van der Waals surface area contributed by atoms with Crippen LogP contribution >= 0.6 is 54.5 Å². The maximum atomic E-state index is 11.1. The Morgan fingerprint density at radius 1 is 1.44 bits per heavy atom. The minimum absolute atomic E-state index is 0.225. The van der Waals surface area contributed by atoms with Crippen molar-refractivity contribution in [1.29, 1.82) is 0 Å². The number of aromatic carboxylic acids is 1. The van der Waals surface area contributed by atoms with E-state index in [9.17, 15) is 4.79 Å². The molecule has 3 N–H and O–H groups in total. The highest BCUT2D eigenvalue weighted by atomic mass is 79.9. The van der Waals surface area contributed by atoms with Crippen LogP contribution in [0.25, 0.3) is 9.75 Å². The molecule has 0 amide bonds. The van der Waals surface area contributed by atoms with E-state index in [4.69, 9.17) is 10.8 Å². The largest absolute Gasteiger partial charge is 0.477 e. The molecule has 0 atom stereocenters. The Kier molecular flexibility index (Phi) is 4.15. The fraction of sp³-hybridized carbons (Fsp3) is 0.182. The molecule has 3 nitrogen and oxygen atoms in total. The average Bonchev–Trinajstić information content (AvgIpc) is 2.80. The van der Waals surface area contributed by atoms with Crippen LogP contribution in [0, 0.1) is 0 Å². The van der Waals surface area contributed by atoms with Crippen LogP contribution in [0.3, 0.4) is 0 Å². The summed E-state index contributed by atoms with van der Waals surface area (Å²) < 4.78 is 1.96. The van der Waals surface area contributed by atoms with Crippen LogP contribution in [-0.4, -0.2) is 11.1 Å². The van der Waals surface area contributed by atoms with Crippen molar-refractivity contribution in [3.05, 3.63) is 24.8 Å². The quantitative estimate of drug-likeness (QED) is 0.760.